The van der Waals surface area contributed by atoms with Gasteiger partial charge in [-0.15, -0.1) is 0 Å². The number of benzene rings is 1. The third kappa shape index (κ3) is 2.75. The number of carbonyl (C=O) groups excluding carboxylic acids is 1. The van der Waals surface area contributed by atoms with E-state index in [1.165, 1.54) is 11.1 Å². The molecular formula is C15H23NO. The average Bonchev–Trinajstić information content (AvgIpc) is 2.25. The number of nitrogens with two attached hydrogens (primary N) is 1. The van der Waals surface area contributed by atoms with Gasteiger partial charge in [0.15, 0.2) is 5.78 Å². The van der Waals surface area contributed by atoms with Crippen LogP contribution < -0.4 is 5.73 Å². The van der Waals surface area contributed by atoms with Gasteiger partial charge in [-0.2, -0.15) is 0 Å². The highest BCUT2D eigenvalue weighted by Crippen LogP contribution is 2.28. The lowest BCUT2D eigenvalue weighted by atomic mass is 9.79. The van der Waals surface area contributed by atoms with Crippen LogP contribution in [0.1, 0.15) is 47.3 Å². The molecule has 0 aliphatic heterocycles. The van der Waals surface area contributed by atoms with E-state index in [2.05, 4.69) is 13.8 Å². The van der Waals surface area contributed by atoms with Crippen LogP contribution in [0.3, 0.4) is 0 Å². The molecule has 1 aromatic carbocycles. The first kappa shape index (κ1) is 13.9. The summed E-state index contributed by atoms with van der Waals surface area (Å²) >= 11 is 0. The van der Waals surface area contributed by atoms with Crippen molar-refractivity contribution in [2.24, 2.45) is 11.1 Å². The van der Waals surface area contributed by atoms with Crippen LogP contribution in [0.25, 0.3) is 0 Å². The Morgan fingerprint density at radius 2 is 1.76 bits per heavy atom. The zero-order valence-electron chi connectivity index (χ0n) is 11.6. The maximum atomic E-state index is 12.5. The fourth-order valence-corrected chi connectivity index (χ4v) is 2.04. The van der Waals surface area contributed by atoms with E-state index in [4.69, 9.17) is 5.73 Å². The average molecular weight is 233 g/mol. The fourth-order valence-electron chi connectivity index (χ4n) is 2.04. The Labute approximate surface area is 104 Å². The third-order valence-corrected chi connectivity index (χ3v) is 3.69. The lowest BCUT2D eigenvalue weighted by Gasteiger charge is -2.24. The minimum absolute atomic E-state index is 0.198. The van der Waals surface area contributed by atoms with Crippen LogP contribution in [0, 0.1) is 26.2 Å². The third-order valence-electron chi connectivity index (χ3n) is 3.69. The zero-order valence-corrected chi connectivity index (χ0v) is 11.6. The lowest BCUT2D eigenvalue weighted by Crippen LogP contribution is -2.28. The van der Waals surface area contributed by atoms with Crippen molar-refractivity contribution in [3.8, 4) is 0 Å². The molecule has 0 atom stereocenters. The monoisotopic (exact) mass is 233 g/mol. The zero-order chi connectivity index (χ0) is 13.2. The number of Topliss-reactive ketones (excluding diaryl/α,β-unsaturated/α-hetero) is 1. The first-order chi connectivity index (χ1) is 7.81. The van der Waals surface area contributed by atoms with E-state index >= 15 is 0 Å². The molecule has 2 nitrogen and oxygen atoms in total. The molecule has 17 heavy (non-hydrogen) atoms. The Kier molecular flexibility index (Phi) is 4.10. The number of hydrogen-bond donors (Lipinski definition) is 1. The second-order valence-electron chi connectivity index (χ2n) is 5.43. The number of carbonyl (C=O) groups is 1. The quantitative estimate of drug-likeness (QED) is 0.812. The normalized spacial score (nSPS) is 11.6. The van der Waals surface area contributed by atoms with Gasteiger partial charge >= 0.3 is 0 Å². The van der Waals surface area contributed by atoms with E-state index in [0.29, 0.717) is 6.54 Å². The minimum atomic E-state index is -0.374. The molecule has 0 spiro atoms. The second kappa shape index (κ2) is 5.01. The van der Waals surface area contributed by atoms with Gasteiger partial charge in [0.1, 0.15) is 0 Å². The van der Waals surface area contributed by atoms with Crippen molar-refractivity contribution in [3.63, 3.8) is 0 Å². The number of ketones is 1. The predicted molar refractivity (Wildman–Crippen MR) is 72.4 cm³/mol. The summed E-state index contributed by atoms with van der Waals surface area (Å²) in [7, 11) is 0. The highest BCUT2D eigenvalue weighted by molar-refractivity contribution is 6.01. The molecule has 1 aromatic rings. The molecule has 0 heterocycles. The van der Waals surface area contributed by atoms with Crippen molar-refractivity contribution in [2.45, 2.75) is 41.0 Å². The van der Waals surface area contributed by atoms with Crippen molar-refractivity contribution >= 4 is 5.78 Å². The van der Waals surface area contributed by atoms with Crippen molar-refractivity contribution in [1.29, 1.82) is 0 Å². The van der Waals surface area contributed by atoms with Gasteiger partial charge in [0.25, 0.3) is 0 Å². The van der Waals surface area contributed by atoms with Gasteiger partial charge in [0.05, 0.1) is 0 Å². The highest BCUT2D eigenvalue weighted by atomic mass is 16.1. The van der Waals surface area contributed by atoms with Gasteiger partial charge in [0.2, 0.25) is 0 Å². The van der Waals surface area contributed by atoms with E-state index < -0.39 is 0 Å². The van der Waals surface area contributed by atoms with E-state index in [1.54, 1.807) is 0 Å². The molecule has 0 saturated heterocycles. The smallest absolute Gasteiger partial charge is 0.168 e. The standard InChI is InChI=1S/C15H23NO/c1-10-6-7-13(12(3)11(10)2)14(17)15(4,5)8-9-16/h6-7H,8-9,16H2,1-5H3. The summed E-state index contributed by atoms with van der Waals surface area (Å²) in [5.41, 5.74) is 9.57. The Balaban J connectivity index is 3.18. The Bertz CT molecular complexity index is 433. The molecule has 0 unspecified atom stereocenters. The van der Waals surface area contributed by atoms with E-state index in [-0.39, 0.29) is 11.2 Å². The molecule has 2 N–H and O–H groups in total. The summed E-state index contributed by atoms with van der Waals surface area (Å²) in [5.74, 6) is 0.198. The largest absolute Gasteiger partial charge is 0.330 e. The fraction of sp³-hybridized carbons (Fsp3) is 0.533. The summed E-state index contributed by atoms with van der Waals surface area (Å²) in [5, 5.41) is 0. The summed E-state index contributed by atoms with van der Waals surface area (Å²) in [4.78, 5) is 12.5. The molecule has 0 aliphatic rings. The number of aryl methyl sites for hydroxylation is 1. The van der Waals surface area contributed by atoms with Crippen molar-refractivity contribution in [1.82, 2.24) is 0 Å². The predicted octanol–water partition coefficient (Wildman–Crippen LogP) is 3.17. The maximum Gasteiger partial charge on any atom is 0.168 e. The molecule has 0 bridgehead atoms. The number of rotatable bonds is 4. The Hall–Kier alpha value is -1.15. The molecule has 0 amide bonds. The van der Waals surface area contributed by atoms with E-state index in [9.17, 15) is 4.79 Å². The molecule has 94 valence electrons. The molecule has 0 aliphatic carbocycles. The van der Waals surface area contributed by atoms with Gasteiger partial charge in [-0.3, -0.25) is 4.79 Å². The molecule has 0 radical (unpaired) electrons. The molecular weight excluding hydrogens is 210 g/mol. The molecule has 0 aromatic heterocycles. The van der Waals surface area contributed by atoms with Crippen LogP contribution in [0.4, 0.5) is 0 Å². The molecule has 2 heteroatoms. The second-order valence-corrected chi connectivity index (χ2v) is 5.43. The minimum Gasteiger partial charge on any atom is -0.330 e. The summed E-state index contributed by atoms with van der Waals surface area (Å²) < 4.78 is 0. The van der Waals surface area contributed by atoms with Crippen LogP contribution in [0.5, 0.6) is 0 Å². The van der Waals surface area contributed by atoms with Crippen molar-refractivity contribution < 1.29 is 4.79 Å². The van der Waals surface area contributed by atoms with E-state index in [1.807, 2.05) is 32.9 Å². The Morgan fingerprint density at radius 3 is 2.29 bits per heavy atom. The van der Waals surface area contributed by atoms with Crippen LogP contribution >= 0.6 is 0 Å². The van der Waals surface area contributed by atoms with Crippen molar-refractivity contribution in [2.75, 3.05) is 6.54 Å². The number of hydrogen-bond acceptors (Lipinski definition) is 2. The molecule has 0 saturated carbocycles. The van der Waals surface area contributed by atoms with Gasteiger partial charge in [-0.1, -0.05) is 26.0 Å². The van der Waals surface area contributed by atoms with Crippen LogP contribution in [0.2, 0.25) is 0 Å². The Morgan fingerprint density at radius 1 is 1.18 bits per heavy atom. The van der Waals surface area contributed by atoms with Gasteiger partial charge < -0.3 is 5.73 Å². The summed E-state index contributed by atoms with van der Waals surface area (Å²) in [6, 6.07) is 3.96. The first-order valence-corrected chi connectivity index (χ1v) is 6.13. The van der Waals surface area contributed by atoms with Gasteiger partial charge in [-0.05, 0) is 50.4 Å². The topological polar surface area (TPSA) is 43.1 Å². The maximum absolute atomic E-state index is 12.5. The van der Waals surface area contributed by atoms with Crippen LogP contribution in [0.15, 0.2) is 12.1 Å². The van der Waals surface area contributed by atoms with Crippen molar-refractivity contribution in [3.05, 3.63) is 34.4 Å². The van der Waals surface area contributed by atoms with Crippen LogP contribution in [-0.2, 0) is 0 Å². The summed E-state index contributed by atoms with van der Waals surface area (Å²) in [6.45, 7) is 10.6. The van der Waals surface area contributed by atoms with E-state index in [0.717, 1.165) is 17.5 Å². The SMILES string of the molecule is Cc1ccc(C(=O)C(C)(C)CCN)c(C)c1C. The van der Waals surface area contributed by atoms with Gasteiger partial charge in [-0.25, -0.2) is 0 Å². The lowest BCUT2D eigenvalue weighted by molar-refractivity contribution is 0.0828. The molecule has 0 fully saturated rings. The molecule has 1 rings (SSSR count). The van der Waals surface area contributed by atoms with Crippen LogP contribution in [-0.4, -0.2) is 12.3 Å². The summed E-state index contributed by atoms with van der Waals surface area (Å²) in [6.07, 6.45) is 0.720. The van der Waals surface area contributed by atoms with Gasteiger partial charge in [0, 0.05) is 11.0 Å². The first-order valence-electron chi connectivity index (χ1n) is 6.13. The highest BCUT2D eigenvalue weighted by Gasteiger charge is 2.29.